The molecule has 0 fully saturated rings. The molecule has 2 heterocycles. The third kappa shape index (κ3) is 1.60. The predicted octanol–water partition coefficient (Wildman–Crippen LogP) is -0.694. The molecule has 7 heteroatoms. The number of nitrogens with one attached hydrogen (secondary N) is 1. The van der Waals surface area contributed by atoms with Gasteiger partial charge < -0.3 is 14.7 Å². The van der Waals surface area contributed by atoms with Gasteiger partial charge in [-0.2, -0.15) is 5.10 Å². The SMILES string of the molecule is OB(O)Oc1cc2[nH]ncc2cn1. The Morgan fingerprint density at radius 1 is 1.38 bits per heavy atom. The van der Waals surface area contributed by atoms with Crippen molar-refractivity contribution >= 4 is 18.2 Å². The quantitative estimate of drug-likeness (QED) is 0.530. The van der Waals surface area contributed by atoms with Gasteiger partial charge in [-0.15, -0.1) is 0 Å². The first-order chi connectivity index (χ1) is 6.25. The molecule has 0 aliphatic heterocycles. The van der Waals surface area contributed by atoms with Crippen LogP contribution < -0.4 is 4.65 Å². The first kappa shape index (κ1) is 8.02. The molecule has 6 nitrogen and oxygen atoms in total. The van der Waals surface area contributed by atoms with E-state index >= 15 is 0 Å². The van der Waals surface area contributed by atoms with E-state index in [2.05, 4.69) is 19.8 Å². The van der Waals surface area contributed by atoms with Gasteiger partial charge in [-0.1, -0.05) is 0 Å². The minimum absolute atomic E-state index is 0.131. The van der Waals surface area contributed by atoms with Gasteiger partial charge >= 0.3 is 7.32 Å². The van der Waals surface area contributed by atoms with Crippen LogP contribution in [-0.2, 0) is 0 Å². The Kier molecular flexibility index (Phi) is 1.88. The van der Waals surface area contributed by atoms with E-state index in [9.17, 15) is 0 Å². The number of aromatic amines is 1. The van der Waals surface area contributed by atoms with Crippen molar-refractivity contribution in [3.8, 4) is 5.88 Å². The maximum absolute atomic E-state index is 8.50. The van der Waals surface area contributed by atoms with Gasteiger partial charge in [0, 0.05) is 17.6 Å². The van der Waals surface area contributed by atoms with E-state index < -0.39 is 7.32 Å². The topological polar surface area (TPSA) is 91.3 Å². The number of H-pyrrole nitrogens is 1. The summed E-state index contributed by atoms with van der Waals surface area (Å²) in [6.07, 6.45) is 3.14. The minimum Gasteiger partial charge on any atom is -0.498 e. The predicted molar refractivity (Wildman–Crippen MR) is 44.7 cm³/mol. The van der Waals surface area contributed by atoms with E-state index in [-0.39, 0.29) is 5.88 Å². The van der Waals surface area contributed by atoms with Gasteiger partial charge in [0.25, 0.3) is 0 Å². The third-order valence-electron chi connectivity index (χ3n) is 1.52. The average molecular weight is 179 g/mol. The molecule has 0 aromatic carbocycles. The van der Waals surface area contributed by atoms with Crippen LogP contribution in [0.25, 0.3) is 10.9 Å². The summed E-state index contributed by atoms with van der Waals surface area (Å²) >= 11 is 0. The van der Waals surface area contributed by atoms with Crippen molar-refractivity contribution in [3.05, 3.63) is 18.5 Å². The molecular formula is C6H6BN3O3. The summed E-state index contributed by atoms with van der Waals surface area (Å²) in [5.74, 6) is 0.131. The number of rotatable bonds is 2. The highest BCUT2D eigenvalue weighted by Gasteiger charge is 2.12. The third-order valence-corrected chi connectivity index (χ3v) is 1.52. The molecule has 0 saturated heterocycles. The first-order valence-corrected chi connectivity index (χ1v) is 3.57. The zero-order chi connectivity index (χ0) is 9.26. The second-order valence-corrected chi connectivity index (χ2v) is 2.42. The lowest BCUT2D eigenvalue weighted by Crippen LogP contribution is -2.21. The largest absolute Gasteiger partial charge is 0.708 e. The Balaban J connectivity index is 2.37. The van der Waals surface area contributed by atoms with E-state index in [1.54, 1.807) is 6.20 Å². The Morgan fingerprint density at radius 3 is 3.00 bits per heavy atom. The summed E-state index contributed by atoms with van der Waals surface area (Å²) in [5, 5.41) is 24.3. The lowest BCUT2D eigenvalue weighted by atomic mass is 10.2. The molecular weight excluding hydrogens is 173 g/mol. The van der Waals surface area contributed by atoms with E-state index in [0.717, 1.165) is 10.9 Å². The van der Waals surface area contributed by atoms with Gasteiger partial charge in [-0.05, 0) is 0 Å². The van der Waals surface area contributed by atoms with Crippen molar-refractivity contribution in [1.29, 1.82) is 0 Å². The maximum atomic E-state index is 8.50. The highest BCUT2D eigenvalue weighted by Crippen LogP contribution is 2.14. The molecule has 0 bridgehead atoms. The van der Waals surface area contributed by atoms with Crippen LogP contribution in [0.1, 0.15) is 0 Å². The van der Waals surface area contributed by atoms with Gasteiger partial charge in [0.15, 0.2) is 0 Å². The van der Waals surface area contributed by atoms with Crippen LogP contribution in [-0.4, -0.2) is 32.6 Å². The summed E-state index contributed by atoms with van der Waals surface area (Å²) in [4.78, 5) is 3.82. The van der Waals surface area contributed by atoms with Crippen LogP contribution in [0.3, 0.4) is 0 Å². The van der Waals surface area contributed by atoms with E-state index in [0.29, 0.717) is 0 Å². The molecule has 0 amide bonds. The van der Waals surface area contributed by atoms with Crippen LogP contribution in [0, 0.1) is 0 Å². The molecule has 0 atom stereocenters. The summed E-state index contributed by atoms with van der Waals surface area (Å²) in [7, 11) is -1.85. The molecule has 0 spiro atoms. The van der Waals surface area contributed by atoms with Crippen molar-refractivity contribution < 1.29 is 14.7 Å². The van der Waals surface area contributed by atoms with E-state index in [1.807, 2.05) is 0 Å². The van der Waals surface area contributed by atoms with Gasteiger partial charge in [-0.3, -0.25) is 5.10 Å². The normalized spacial score (nSPS) is 10.3. The lowest BCUT2D eigenvalue weighted by molar-refractivity contribution is 0.283. The average Bonchev–Trinajstić information content (AvgIpc) is 2.49. The van der Waals surface area contributed by atoms with Crippen LogP contribution in [0.2, 0.25) is 0 Å². The fraction of sp³-hybridized carbons (Fsp3) is 0. The molecule has 2 rings (SSSR count). The molecule has 66 valence electrons. The Labute approximate surface area is 73.4 Å². The molecule has 0 aliphatic carbocycles. The number of aromatic nitrogens is 3. The summed E-state index contributed by atoms with van der Waals surface area (Å²) in [5.41, 5.74) is 0.727. The molecule has 2 aromatic heterocycles. The number of pyridine rings is 1. The van der Waals surface area contributed by atoms with Gasteiger partial charge in [0.1, 0.15) is 0 Å². The van der Waals surface area contributed by atoms with Crippen molar-refractivity contribution in [2.45, 2.75) is 0 Å². The minimum atomic E-state index is -1.85. The first-order valence-electron chi connectivity index (χ1n) is 3.57. The summed E-state index contributed by atoms with van der Waals surface area (Å²) in [6.45, 7) is 0. The van der Waals surface area contributed by atoms with E-state index in [1.165, 1.54) is 12.3 Å². The smallest absolute Gasteiger partial charge is 0.498 e. The monoisotopic (exact) mass is 179 g/mol. The molecule has 0 aliphatic rings. The molecule has 0 radical (unpaired) electrons. The second-order valence-electron chi connectivity index (χ2n) is 2.42. The Bertz CT molecular complexity index is 416. The molecule has 0 saturated carbocycles. The summed E-state index contributed by atoms with van der Waals surface area (Å²) < 4.78 is 4.54. The van der Waals surface area contributed by atoms with Crippen LogP contribution >= 0.6 is 0 Å². The number of fused-ring (bicyclic) bond motifs is 1. The highest BCUT2D eigenvalue weighted by atomic mass is 16.6. The zero-order valence-electron chi connectivity index (χ0n) is 6.51. The van der Waals surface area contributed by atoms with E-state index in [4.69, 9.17) is 10.0 Å². The molecule has 2 aromatic rings. The molecule has 3 N–H and O–H groups in total. The zero-order valence-corrected chi connectivity index (χ0v) is 6.51. The number of nitrogens with zero attached hydrogens (tertiary/aromatic N) is 2. The number of hydrogen-bond donors (Lipinski definition) is 3. The van der Waals surface area contributed by atoms with Crippen molar-refractivity contribution in [3.63, 3.8) is 0 Å². The van der Waals surface area contributed by atoms with Crippen molar-refractivity contribution in [1.82, 2.24) is 15.2 Å². The van der Waals surface area contributed by atoms with Crippen LogP contribution in [0.4, 0.5) is 0 Å². The van der Waals surface area contributed by atoms with Crippen molar-refractivity contribution in [2.24, 2.45) is 0 Å². The lowest BCUT2D eigenvalue weighted by Gasteiger charge is -2.01. The Hall–Kier alpha value is -1.60. The van der Waals surface area contributed by atoms with Crippen molar-refractivity contribution in [2.75, 3.05) is 0 Å². The fourth-order valence-corrected chi connectivity index (χ4v) is 0.990. The van der Waals surface area contributed by atoms with Crippen LogP contribution in [0.5, 0.6) is 5.88 Å². The van der Waals surface area contributed by atoms with Gasteiger partial charge in [0.05, 0.1) is 11.7 Å². The number of hydrogen-bond acceptors (Lipinski definition) is 5. The standard InChI is InChI=1S/C6H6BN3O3/c11-7(12)13-6-1-5-4(2-8-6)3-9-10-5/h1-3,11-12H,(H,9,10). The van der Waals surface area contributed by atoms with Gasteiger partial charge in [0.2, 0.25) is 5.88 Å². The second kappa shape index (κ2) is 3.04. The van der Waals surface area contributed by atoms with Crippen LogP contribution in [0.15, 0.2) is 18.5 Å². The molecule has 0 unspecified atom stereocenters. The van der Waals surface area contributed by atoms with Gasteiger partial charge in [-0.25, -0.2) is 4.98 Å². The fourth-order valence-electron chi connectivity index (χ4n) is 0.990. The maximum Gasteiger partial charge on any atom is 0.708 e. The molecule has 13 heavy (non-hydrogen) atoms. The Morgan fingerprint density at radius 2 is 2.23 bits per heavy atom. The highest BCUT2D eigenvalue weighted by molar-refractivity contribution is 6.33. The summed E-state index contributed by atoms with van der Waals surface area (Å²) in [6, 6.07) is 1.53.